The molecule has 3 N–H and O–H groups in total. The van der Waals surface area contributed by atoms with Crippen molar-refractivity contribution in [1.29, 1.82) is 0 Å². The van der Waals surface area contributed by atoms with Crippen molar-refractivity contribution in [1.82, 2.24) is 14.8 Å². The summed E-state index contributed by atoms with van der Waals surface area (Å²) in [5, 5.41) is 32.4. The molecule has 1 aliphatic rings. The first kappa shape index (κ1) is 22.2. The average Bonchev–Trinajstić information content (AvgIpc) is 3.16. The first-order chi connectivity index (χ1) is 15.5. The third kappa shape index (κ3) is 3.65. The number of non-ortho nitro benzene ring substituents is 1. The second-order valence-electron chi connectivity index (χ2n) is 8.12. The van der Waals surface area contributed by atoms with E-state index in [-0.39, 0.29) is 29.5 Å². The van der Waals surface area contributed by atoms with Crippen molar-refractivity contribution < 1.29 is 29.1 Å². The van der Waals surface area contributed by atoms with Gasteiger partial charge in [-0.25, -0.2) is 4.39 Å². The van der Waals surface area contributed by atoms with Crippen LogP contribution in [0.15, 0.2) is 42.6 Å². The van der Waals surface area contributed by atoms with Crippen molar-refractivity contribution in [2.75, 3.05) is 14.1 Å². The number of piperazine rings is 1. The van der Waals surface area contributed by atoms with E-state index in [1.54, 1.807) is 12.1 Å². The number of phenolic OH excluding ortho intramolecular Hbond substituents is 1. The number of aliphatic hydroxyl groups is 1. The quantitative estimate of drug-likeness (QED) is 0.394. The number of carbonyl (C=O) groups is 2. The molecule has 1 saturated heterocycles. The number of amides is 2. The summed E-state index contributed by atoms with van der Waals surface area (Å²) in [6.07, 6.45) is 1.12. The van der Waals surface area contributed by atoms with Crippen LogP contribution in [0.4, 0.5) is 10.1 Å². The van der Waals surface area contributed by atoms with Crippen molar-refractivity contribution in [3.63, 3.8) is 0 Å². The van der Waals surface area contributed by atoms with Gasteiger partial charge in [-0.2, -0.15) is 0 Å². The number of halogens is 1. The number of likely N-dealkylation sites (N-methyl/N-ethyl adjacent to an activating group) is 2. The van der Waals surface area contributed by atoms with Gasteiger partial charge in [0.2, 0.25) is 11.6 Å². The first-order valence-electron chi connectivity index (χ1n) is 10.0. The molecule has 1 aliphatic heterocycles. The van der Waals surface area contributed by atoms with E-state index >= 15 is 0 Å². The lowest BCUT2D eigenvalue weighted by molar-refractivity contribution is -0.383. The van der Waals surface area contributed by atoms with Crippen molar-refractivity contribution in [2.24, 2.45) is 0 Å². The summed E-state index contributed by atoms with van der Waals surface area (Å²) in [7, 11) is 2.67. The molecule has 0 radical (unpaired) electrons. The number of H-pyrrole nitrogens is 1. The Morgan fingerprint density at radius 2 is 1.97 bits per heavy atom. The average molecular weight is 456 g/mol. The monoisotopic (exact) mass is 456 g/mol. The SMILES string of the molecule is CN1C(=O)[C@](O)(Cc2cccc(O)c2)N(C)C(=O)[C@@H]1Cc1c[nH]c2cc(F)cc([N+](=O)[O-])c12. The van der Waals surface area contributed by atoms with Gasteiger partial charge in [-0.15, -0.1) is 0 Å². The van der Waals surface area contributed by atoms with Crippen molar-refractivity contribution >= 4 is 28.4 Å². The molecule has 0 spiro atoms. The Kier molecular flexibility index (Phi) is 5.29. The number of aromatic nitrogens is 1. The molecule has 0 aliphatic carbocycles. The maximum absolute atomic E-state index is 13.8. The molecule has 11 heteroatoms. The van der Waals surface area contributed by atoms with Crippen LogP contribution in [-0.2, 0) is 22.4 Å². The van der Waals surface area contributed by atoms with E-state index in [1.165, 1.54) is 32.4 Å². The van der Waals surface area contributed by atoms with E-state index in [0.717, 1.165) is 21.9 Å². The van der Waals surface area contributed by atoms with E-state index in [9.17, 15) is 34.3 Å². The summed E-state index contributed by atoms with van der Waals surface area (Å²) < 4.78 is 13.8. The number of nitrogens with one attached hydrogen (secondary N) is 1. The molecule has 172 valence electrons. The van der Waals surface area contributed by atoms with Crippen molar-refractivity contribution in [2.45, 2.75) is 24.6 Å². The molecule has 33 heavy (non-hydrogen) atoms. The minimum absolute atomic E-state index is 0.0445. The Morgan fingerprint density at radius 3 is 2.64 bits per heavy atom. The summed E-state index contributed by atoms with van der Waals surface area (Å²) in [6, 6.07) is 6.87. The van der Waals surface area contributed by atoms with Crippen LogP contribution in [0.5, 0.6) is 5.75 Å². The molecule has 1 fully saturated rings. The number of rotatable bonds is 5. The standard InChI is InChI=1S/C22H21FN4O6/c1-25-18(7-13-11-24-16-8-14(23)9-17(19(13)16)27(32)33)20(29)26(2)22(31,21(25)30)10-12-4-3-5-15(28)6-12/h3-6,8-9,11,18,24,28,31H,7,10H2,1-2H3/t18-,22+/m0/s1. The summed E-state index contributed by atoms with van der Waals surface area (Å²) in [5.74, 6) is -2.13. The van der Waals surface area contributed by atoms with Gasteiger partial charge >= 0.3 is 0 Å². The molecule has 1 aromatic heterocycles. The number of carbonyl (C=O) groups excluding carboxylic acids is 2. The Labute approximate surface area is 187 Å². The number of benzene rings is 2. The summed E-state index contributed by atoms with van der Waals surface area (Å²) in [5.41, 5.74) is -1.62. The van der Waals surface area contributed by atoms with Gasteiger partial charge in [0.05, 0.1) is 21.9 Å². The number of nitro benzene ring substituents is 1. The zero-order chi connectivity index (χ0) is 24.1. The summed E-state index contributed by atoms with van der Waals surface area (Å²) in [4.78, 5) is 42.0. The lowest BCUT2D eigenvalue weighted by atomic mass is 9.92. The highest BCUT2D eigenvalue weighted by Crippen LogP contribution is 2.33. The van der Waals surface area contributed by atoms with Crippen LogP contribution < -0.4 is 0 Å². The molecule has 10 nitrogen and oxygen atoms in total. The Hall–Kier alpha value is -3.99. The van der Waals surface area contributed by atoms with E-state index in [0.29, 0.717) is 11.1 Å². The normalized spacial score (nSPS) is 21.2. The molecule has 3 aromatic rings. The minimum Gasteiger partial charge on any atom is -0.508 e. The number of fused-ring (bicyclic) bond motifs is 1. The van der Waals surface area contributed by atoms with Crippen LogP contribution in [-0.4, -0.2) is 67.6 Å². The Bertz CT molecular complexity index is 1290. The van der Waals surface area contributed by atoms with Crippen LogP contribution in [0.3, 0.4) is 0 Å². The van der Waals surface area contributed by atoms with E-state index in [2.05, 4.69) is 4.98 Å². The number of nitro groups is 1. The predicted molar refractivity (Wildman–Crippen MR) is 115 cm³/mol. The number of hydrogen-bond acceptors (Lipinski definition) is 6. The lowest BCUT2D eigenvalue weighted by Crippen LogP contribution is -2.70. The zero-order valence-corrected chi connectivity index (χ0v) is 17.8. The highest BCUT2D eigenvalue weighted by atomic mass is 19.1. The van der Waals surface area contributed by atoms with Gasteiger partial charge in [-0.1, -0.05) is 12.1 Å². The number of hydrogen-bond donors (Lipinski definition) is 3. The smallest absolute Gasteiger partial charge is 0.281 e. The van der Waals surface area contributed by atoms with Gasteiger partial charge in [-0.05, 0) is 29.3 Å². The molecule has 4 rings (SSSR count). The Balaban J connectivity index is 1.67. The second-order valence-corrected chi connectivity index (χ2v) is 8.12. The van der Waals surface area contributed by atoms with Gasteiger partial charge in [0, 0.05) is 33.1 Å². The number of phenols is 1. The van der Waals surface area contributed by atoms with Gasteiger partial charge in [0.1, 0.15) is 17.6 Å². The van der Waals surface area contributed by atoms with Gasteiger partial charge in [0.25, 0.3) is 11.6 Å². The predicted octanol–water partition coefficient (Wildman–Crippen LogP) is 1.69. The highest BCUT2D eigenvalue weighted by molar-refractivity contribution is 5.99. The molecule has 0 bridgehead atoms. The van der Waals surface area contributed by atoms with E-state index in [1.807, 2.05) is 0 Å². The fourth-order valence-corrected chi connectivity index (χ4v) is 4.30. The summed E-state index contributed by atoms with van der Waals surface area (Å²) in [6.45, 7) is 0. The van der Waals surface area contributed by atoms with E-state index < -0.39 is 40.0 Å². The van der Waals surface area contributed by atoms with Gasteiger partial charge in [0.15, 0.2) is 0 Å². The maximum Gasteiger partial charge on any atom is 0.281 e. The van der Waals surface area contributed by atoms with E-state index in [4.69, 9.17) is 0 Å². The molecule has 2 heterocycles. The maximum atomic E-state index is 13.8. The first-order valence-corrected chi connectivity index (χ1v) is 10.0. The van der Waals surface area contributed by atoms with Crippen molar-refractivity contribution in [3.8, 4) is 5.75 Å². The topological polar surface area (TPSA) is 140 Å². The highest BCUT2D eigenvalue weighted by Gasteiger charge is 2.53. The largest absolute Gasteiger partial charge is 0.508 e. The van der Waals surface area contributed by atoms with Crippen LogP contribution in [0.2, 0.25) is 0 Å². The fraction of sp³-hybridized carbons (Fsp3) is 0.273. The third-order valence-electron chi connectivity index (χ3n) is 6.08. The van der Waals surface area contributed by atoms with Crippen LogP contribution in [0, 0.1) is 15.9 Å². The molecular formula is C22H21FN4O6. The Morgan fingerprint density at radius 1 is 1.24 bits per heavy atom. The molecule has 0 saturated carbocycles. The number of nitrogens with zero attached hydrogens (tertiary/aromatic N) is 3. The lowest BCUT2D eigenvalue weighted by Gasteiger charge is -2.47. The molecule has 2 amide bonds. The van der Waals surface area contributed by atoms with Crippen LogP contribution >= 0.6 is 0 Å². The summed E-state index contributed by atoms with van der Waals surface area (Å²) >= 11 is 0. The van der Waals surface area contributed by atoms with Gasteiger partial charge < -0.3 is 25.0 Å². The minimum atomic E-state index is -2.18. The second kappa shape index (κ2) is 7.85. The van der Waals surface area contributed by atoms with Crippen LogP contribution in [0.25, 0.3) is 10.9 Å². The molecule has 2 atom stereocenters. The molecular weight excluding hydrogens is 435 g/mol. The molecule has 0 unspecified atom stereocenters. The van der Waals surface area contributed by atoms with Gasteiger partial charge in [-0.3, -0.25) is 19.7 Å². The fourth-order valence-electron chi connectivity index (χ4n) is 4.30. The van der Waals surface area contributed by atoms with Crippen molar-refractivity contribution in [3.05, 3.63) is 69.7 Å². The number of aromatic hydroxyl groups is 1. The molecule has 2 aromatic carbocycles. The van der Waals surface area contributed by atoms with Crippen LogP contribution in [0.1, 0.15) is 11.1 Å². The number of aromatic amines is 1. The third-order valence-corrected chi connectivity index (χ3v) is 6.08. The zero-order valence-electron chi connectivity index (χ0n) is 17.8.